The first-order valence-electron chi connectivity index (χ1n) is 15.7. The summed E-state index contributed by atoms with van der Waals surface area (Å²) in [6.07, 6.45) is 4.97. The number of rotatable bonds is 13. The fourth-order valence-corrected chi connectivity index (χ4v) is 5.68. The SMILES string of the molecule is C=CC1=C(C=NO)C(=O)N(C[C@@H](NC(=O)N[C@H](C(=O)N2CCC[C@H]2C(=O)NC(CC2CC2)C(=O)C(N)=O)C(C)(C)C)C(C)(C)C)C1=O. The average Bonchev–Trinajstić information content (AvgIpc) is 3.59. The molecule has 0 bridgehead atoms. The summed E-state index contributed by atoms with van der Waals surface area (Å²) in [6.45, 7) is 14.3. The van der Waals surface area contributed by atoms with E-state index in [0.29, 0.717) is 19.3 Å². The lowest BCUT2D eigenvalue weighted by Crippen LogP contribution is -2.62. The quantitative estimate of drug-likeness (QED) is 0.0624. The van der Waals surface area contributed by atoms with Crippen molar-refractivity contribution in [3.05, 3.63) is 23.8 Å². The summed E-state index contributed by atoms with van der Waals surface area (Å²) in [7, 11) is 0. The molecule has 2 aliphatic heterocycles. The van der Waals surface area contributed by atoms with Crippen molar-refractivity contribution in [2.45, 2.75) is 97.8 Å². The summed E-state index contributed by atoms with van der Waals surface area (Å²) in [4.78, 5) is 93.2. The molecule has 2 fully saturated rings. The number of Topliss-reactive ketones (excluding diaryl/α,β-unsaturated/α-hetero) is 1. The Labute approximate surface area is 274 Å². The highest BCUT2D eigenvalue weighted by molar-refractivity contribution is 6.37. The van der Waals surface area contributed by atoms with E-state index in [9.17, 15) is 33.6 Å². The van der Waals surface area contributed by atoms with Gasteiger partial charge in [-0.2, -0.15) is 0 Å². The lowest BCUT2D eigenvalue weighted by atomic mass is 9.85. The van der Waals surface area contributed by atoms with E-state index in [1.165, 1.54) is 11.0 Å². The van der Waals surface area contributed by atoms with Gasteiger partial charge in [-0.15, -0.1) is 0 Å². The number of nitrogens with zero attached hydrogens (tertiary/aromatic N) is 3. The summed E-state index contributed by atoms with van der Waals surface area (Å²) < 4.78 is 0. The van der Waals surface area contributed by atoms with Gasteiger partial charge in [-0.05, 0) is 36.0 Å². The Bertz CT molecular complexity index is 1390. The number of hydrogen-bond donors (Lipinski definition) is 5. The Hall–Kier alpha value is -4.56. The van der Waals surface area contributed by atoms with E-state index in [2.05, 4.69) is 27.7 Å². The first-order chi connectivity index (χ1) is 21.8. The fourth-order valence-electron chi connectivity index (χ4n) is 5.68. The number of carbonyl (C=O) groups is 7. The molecular formula is C32H47N7O8. The van der Waals surface area contributed by atoms with Gasteiger partial charge >= 0.3 is 6.03 Å². The molecule has 4 atom stereocenters. The van der Waals surface area contributed by atoms with Gasteiger partial charge in [0.15, 0.2) is 0 Å². The van der Waals surface area contributed by atoms with Crippen molar-refractivity contribution in [2.75, 3.05) is 13.1 Å². The number of imide groups is 1. The van der Waals surface area contributed by atoms with Crippen molar-refractivity contribution >= 4 is 47.6 Å². The first-order valence-corrected chi connectivity index (χ1v) is 15.7. The van der Waals surface area contributed by atoms with E-state index < -0.39 is 76.3 Å². The van der Waals surface area contributed by atoms with Crippen molar-refractivity contribution in [1.82, 2.24) is 25.8 Å². The van der Waals surface area contributed by atoms with Crippen LogP contribution in [0.1, 0.15) is 73.6 Å². The zero-order chi connectivity index (χ0) is 35.4. The van der Waals surface area contributed by atoms with Gasteiger partial charge in [-0.3, -0.25) is 33.7 Å². The molecule has 1 saturated carbocycles. The molecule has 15 heteroatoms. The third kappa shape index (κ3) is 8.83. The lowest BCUT2D eigenvalue weighted by molar-refractivity contribution is -0.143. The molecule has 0 aromatic carbocycles. The fraction of sp³-hybridized carbons (Fsp3) is 0.625. The van der Waals surface area contributed by atoms with E-state index in [4.69, 9.17) is 10.9 Å². The maximum atomic E-state index is 14.0. The van der Waals surface area contributed by atoms with Gasteiger partial charge in [0.2, 0.25) is 17.6 Å². The Balaban J connectivity index is 1.76. The molecule has 1 aliphatic carbocycles. The van der Waals surface area contributed by atoms with Gasteiger partial charge in [0.25, 0.3) is 17.7 Å². The number of nitrogens with one attached hydrogen (secondary N) is 3. The number of oxime groups is 1. The summed E-state index contributed by atoms with van der Waals surface area (Å²) in [5, 5.41) is 20.0. The van der Waals surface area contributed by atoms with Crippen LogP contribution in [0.15, 0.2) is 29.0 Å². The highest BCUT2D eigenvalue weighted by atomic mass is 16.4. The van der Waals surface area contributed by atoms with Crippen LogP contribution in [-0.4, -0.2) is 99.8 Å². The molecule has 3 aliphatic rings. The van der Waals surface area contributed by atoms with Gasteiger partial charge in [0.05, 0.1) is 36.0 Å². The van der Waals surface area contributed by atoms with Crippen LogP contribution in [0, 0.1) is 16.7 Å². The highest BCUT2D eigenvalue weighted by Gasteiger charge is 2.44. The number of hydrogen-bond acceptors (Lipinski definition) is 9. The third-order valence-electron chi connectivity index (χ3n) is 8.72. The van der Waals surface area contributed by atoms with E-state index in [1.807, 2.05) is 0 Å². The number of urea groups is 1. The Morgan fingerprint density at radius 1 is 0.979 bits per heavy atom. The van der Waals surface area contributed by atoms with E-state index in [1.54, 1.807) is 41.5 Å². The van der Waals surface area contributed by atoms with Gasteiger partial charge in [0.1, 0.15) is 12.1 Å². The van der Waals surface area contributed by atoms with E-state index >= 15 is 0 Å². The van der Waals surface area contributed by atoms with Crippen LogP contribution in [-0.2, 0) is 28.8 Å². The standard InChI is InChI=1S/C32H47N7O8/c1-8-18-19(15-34-47)28(44)39(27(18)43)16-22(31(2,3)4)36-30(46)37-24(32(5,6)7)29(45)38-13-9-10-21(38)26(42)35-20(14-17-11-12-17)23(40)25(33)41/h8,15,17,20-22,24,47H,1,9-14,16H2,2-7H3,(H2,33,41)(H,35,42)(H2,36,37,46)/t20?,21-,22+,24+/m0/s1. The zero-order valence-electron chi connectivity index (χ0n) is 27.9. The molecule has 258 valence electrons. The molecule has 3 rings (SSSR count). The first kappa shape index (κ1) is 36.9. The number of nitrogens with two attached hydrogens (primary N) is 1. The van der Waals surface area contributed by atoms with Gasteiger partial charge in [-0.25, -0.2) is 4.79 Å². The molecular weight excluding hydrogens is 610 g/mol. The molecule has 15 nitrogen and oxygen atoms in total. The third-order valence-corrected chi connectivity index (χ3v) is 8.72. The smallest absolute Gasteiger partial charge is 0.315 e. The van der Waals surface area contributed by atoms with E-state index in [0.717, 1.165) is 24.0 Å². The van der Waals surface area contributed by atoms with Crippen molar-refractivity contribution in [3.8, 4) is 0 Å². The molecule has 0 aromatic rings. The summed E-state index contributed by atoms with van der Waals surface area (Å²) in [5.41, 5.74) is 3.57. The number of carbonyl (C=O) groups excluding carboxylic acids is 7. The normalized spacial score (nSPS) is 20.7. The summed E-state index contributed by atoms with van der Waals surface area (Å²) in [5.74, 6) is -4.25. The van der Waals surface area contributed by atoms with Gasteiger partial charge in [-0.1, -0.05) is 72.2 Å². The molecule has 2 heterocycles. The van der Waals surface area contributed by atoms with Crippen molar-refractivity contribution in [2.24, 2.45) is 27.6 Å². The second-order valence-corrected chi connectivity index (χ2v) is 14.5. The zero-order valence-corrected chi connectivity index (χ0v) is 27.9. The van der Waals surface area contributed by atoms with Crippen LogP contribution in [0.5, 0.6) is 0 Å². The second-order valence-electron chi connectivity index (χ2n) is 14.5. The maximum absolute atomic E-state index is 14.0. The summed E-state index contributed by atoms with van der Waals surface area (Å²) >= 11 is 0. The minimum Gasteiger partial charge on any atom is -0.411 e. The predicted molar refractivity (Wildman–Crippen MR) is 171 cm³/mol. The average molecular weight is 658 g/mol. The highest BCUT2D eigenvalue weighted by Crippen LogP contribution is 2.34. The van der Waals surface area contributed by atoms with Gasteiger partial charge in [0, 0.05) is 6.54 Å². The monoisotopic (exact) mass is 657 g/mol. The molecule has 6 N–H and O–H groups in total. The number of amides is 7. The number of ketones is 1. The second kappa shape index (κ2) is 14.5. The lowest BCUT2D eigenvalue weighted by Gasteiger charge is -2.37. The predicted octanol–water partition coefficient (Wildman–Crippen LogP) is 0.757. The molecule has 0 radical (unpaired) electrons. The van der Waals surface area contributed by atoms with Crippen molar-refractivity contribution in [3.63, 3.8) is 0 Å². The summed E-state index contributed by atoms with van der Waals surface area (Å²) in [6, 6.07) is -4.59. The molecule has 7 amide bonds. The largest absolute Gasteiger partial charge is 0.411 e. The molecule has 1 unspecified atom stereocenters. The molecule has 47 heavy (non-hydrogen) atoms. The van der Waals surface area contributed by atoms with Crippen LogP contribution >= 0.6 is 0 Å². The topological polar surface area (TPSA) is 221 Å². The Kier molecular flexibility index (Phi) is 11.4. The number of primary amides is 1. The molecule has 0 spiro atoms. The van der Waals surface area contributed by atoms with Crippen LogP contribution in [0.25, 0.3) is 0 Å². The minimum absolute atomic E-state index is 0.0367. The number of likely N-dealkylation sites (tertiary alicyclic amines) is 1. The van der Waals surface area contributed by atoms with Crippen LogP contribution < -0.4 is 21.7 Å². The molecule has 0 aromatic heterocycles. The Morgan fingerprint density at radius 3 is 2.11 bits per heavy atom. The van der Waals surface area contributed by atoms with Crippen LogP contribution in [0.4, 0.5) is 4.79 Å². The van der Waals surface area contributed by atoms with Gasteiger partial charge < -0.3 is 31.8 Å². The van der Waals surface area contributed by atoms with Crippen LogP contribution in [0.2, 0.25) is 0 Å². The molecule has 1 saturated heterocycles. The van der Waals surface area contributed by atoms with E-state index in [-0.39, 0.29) is 30.2 Å². The van der Waals surface area contributed by atoms with Crippen molar-refractivity contribution in [1.29, 1.82) is 0 Å². The minimum atomic E-state index is -1.14. The van der Waals surface area contributed by atoms with Crippen molar-refractivity contribution < 1.29 is 38.8 Å². The Morgan fingerprint density at radius 2 is 1.60 bits per heavy atom. The maximum Gasteiger partial charge on any atom is 0.315 e. The van der Waals surface area contributed by atoms with Crippen LogP contribution in [0.3, 0.4) is 0 Å².